The van der Waals surface area contributed by atoms with E-state index in [-0.39, 0.29) is 0 Å². The number of rotatable bonds is 13. The monoisotopic (exact) mass is 548 g/mol. The van der Waals surface area contributed by atoms with Gasteiger partial charge < -0.3 is 34.5 Å². The van der Waals surface area contributed by atoms with E-state index in [1.807, 2.05) is 4.98 Å². The van der Waals surface area contributed by atoms with Gasteiger partial charge in [-0.2, -0.15) is 8.62 Å². The highest BCUT2D eigenvalue weighted by atomic mass is 35.5. The Morgan fingerprint density at radius 1 is 1.16 bits per heavy atom. The van der Waals surface area contributed by atoms with E-state index in [2.05, 4.69) is 13.1 Å². The van der Waals surface area contributed by atoms with Crippen LogP contribution in [-0.4, -0.2) is 70.1 Å². The van der Waals surface area contributed by atoms with Gasteiger partial charge in [0, 0.05) is 12.3 Å². The predicted molar refractivity (Wildman–Crippen MR) is 103 cm³/mol. The van der Waals surface area contributed by atoms with Crippen LogP contribution in [0.1, 0.15) is 13.2 Å². The molecule has 0 aromatic carbocycles. The van der Waals surface area contributed by atoms with Crippen LogP contribution in [0.2, 0.25) is 0 Å². The molecular formula is C11H20ClN2O15P3. The van der Waals surface area contributed by atoms with E-state index >= 15 is 0 Å². The SMILES string of the molecule is C[C@H](O)[C@@](CCl)(COP(=O)(O)OP(=O)(O)OP(=O)(O)O)O[C@H](CO)n1ccc(=O)[nH]c1=O. The molecular weight excluding hydrogens is 528 g/mol. The largest absolute Gasteiger partial charge is 0.490 e. The number of aliphatic hydroxyl groups excluding tert-OH is 2. The number of phosphoric acid groups is 3. The Morgan fingerprint density at radius 3 is 2.19 bits per heavy atom. The highest BCUT2D eigenvalue weighted by Crippen LogP contribution is 2.66. The topological polar surface area (TPSA) is 264 Å². The number of halogens is 1. The molecule has 0 radical (unpaired) electrons. The number of hydrogen-bond acceptors (Lipinski definition) is 11. The highest BCUT2D eigenvalue weighted by molar-refractivity contribution is 7.66. The molecule has 0 saturated carbocycles. The molecule has 1 heterocycles. The van der Waals surface area contributed by atoms with E-state index in [1.54, 1.807) is 0 Å². The normalized spacial score (nSPS) is 20.0. The van der Waals surface area contributed by atoms with Crippen LogP contribution in [-0.2, 0) is 31.6 Å². The molecule has 7 N–H and O–H groups in total. The van der Waals surface area contributed by atoms with Crippen molar-refractivity contribution >= 4 is 35.1 Å². The summed E-state index contributed by atoms with van der Waals surface area (Å²) >= 11 is 5.79. The first-order chi connectivity index (χ1) is 14.5. The summed E-state index contributed by atoms with van der Waals surface area (Å²) in [6.45, 7) is -1.02. The molecule has 17 nitrogen and oxygen atoms in total. The van der Waals surface area contributed by atoms with E-state index in [1.165, 1.54) is 0 Å². The summed E-state index contributed by atoms with van der Waals surface area (Å²) < 4.78 is 51.7. The lowest BCUT2D eigenvalue weighted by molar-refractivity contribution is -0.189. The number of aromatic nitrogens is 2. The fourth-order valence-electron chi connectivity index (χ4n) is 2.04. The van der Waals surface area contributed by atoms with Crippen LogP contribution in [0.5, 0.6) is 0 Å². The van der Waals surface area contributed by atoms with Gasteiger partial charge in [0.2, 0.25) is 0 Å². The maximum Gasteiger partial charge on any atom is 0.490 e. The number of alkyl halides is 1. The maximum absolute atomic E-state index is 11.9. The fourth-order valence-corrected chi connectivity index (χ4v) is 5.48. The molecule has 0 aliphatic rings. The number of aromatic amines is 1. The number of phosphoric ester groups is 1. The smallest absolute Gasteiger partial charge is 0.392 e. The Labute approximate surface area is 183 Å². The molecule has 2 unspecified atom stereocenters. The standard InChI is InChI=1S/C11H20ClN2O15P3/c1-7(16)11(5-12,27-9(4-15)14-3-2-8(17)13-10(14)18)6-26-31(22,23)29-32(24,25)28-30(19,20)21/h2-3,7,9,15-16H,4-6H2,1H3,(H,22,23)(H,24,25)(H,13,17,18)(H2,19,20,21)/t7-,9+,11+/m0/s1. The van der Waals surface area contributed by atoms with E-state index in [9.17, 15) is 38.4 Å². The zero-order valence-electron chi connectivity index (χ0n) is 16.0. The Kier molecular flexibility index (Phi) is 10.2. The summed E-state index contributed by atoms with van der Waals surface area (Å²) in [7, 11) is -17.0. The van der Waals surface area contributed by atoms with Crippen LogP contribution in [0.3, 0.4) is 0 Å². The van der Waals surface area contributed by atoms with Gasteiger partial charge in [-0.25, -0.2) is 18.5 Å². The molecule has 0 fully saturated rings. The summed E-state index contributed by atoms with van der Waals surface area (Å²) in [4.78, 5) is 60.8. The van der Waals surface area contributed by atoms with E-state index in [0.717, 1.165) is 19.2 Å². The molecule has 0 spiro atoms. The van der Waals surface area contributed by atoms with Gasteiger partial charge in [-0.15, -0.1) is 11.6 Å². The second kappa shape index (κ2) is 11.1. The van der Waals surface area contributed by atoms with Crippen molar-refractivity contribution in [3.8, 4) is 0 Å². The number of nitrogens with one attached hydrogen (secondary N) is 1. The molecule has 21 heteroatoms. The lowest BCUT2D eigenvalue weighted by Crippen LogP contribution is -2.52. The van der Waals surface area contributed by atoms with Crippen LogP contribution < -0.4 is 11.2 Å². The third kappa shape index (κ3) is 8.89. The van der Waals surface area contributed by atoms with Crippen LogP contribution in [0.25, 0.3) is 0 Å². The van der Waals surface area contributed by atoms with Crippen molar-refractivity contribution in [1.29, 1.82) is 0 Å². The number of ether oxygens (including phenoxy) is 1. The first-order valence-electron chi connectivity index (χ1n) is 8.08. The lowest BCUT2D eigenvalue weighted by Gasteiger charge is -2.37. The Bertz CT molecular complexity index is 1040. The number of nitrogens with zero attached hydrogens (tertiary/aromatic N) is 1. The molecule has 1 aromatic heterocycles. The van der Waals surface area contributed by atoms with Gasteiger partial charge in [-0.1, -0.05) is 0 Å². The van der Waals surface area contributed by atoms with Gasteiger partial charge in [0.1, 0.15) is 5.60 Å². The molecule has 186 valence electrons. The molecule has 32 heavy (non-hydrogen) atoms. The van der Waals surface area contributed by atoms with E-state index in [4.69, 9.17) is 31.0 Å². The van der Waals surface area contributed by atoms with Gasteiger partial charge in [0.15, 0.2) is 6.23 Å². The Hall–Kier alpha value is -0.740. The molecule has 0 bridgehead atoms. The van der Waals surface area contributed by atoms with Gasteiger partial charge in [-0.05, 0) is 6.92 Å². The molecule has 1 rings (SSSR count). The van der Waals surface area contributed by atoms with Gasteiger partial charge in [0.05, 0.1) is 25.2 Å². The molecule has 0 amide bonds. The quantitative estimate of drug-likeness (QED) is 0.112. The Balaban J connectivity index is 3.12. The highest BCUT2D eigenvalue weighted by Gasteiger charge is 2.45. The van der Waals surface area contributed by atoms with Crippen molar-refractivity contribution in [2.45, 2.75) is 24.9 Å². The van der Waals surface area contributed by atoms with Crippen LogP contribution in [0.15, 0.2) is 21.9 Å². The first-order valence-corrected chi connectivity index (χ1v) is 13.1. The van der Waals surface area contributed by atoms with Crippen molar-refractivity contribution in [1.82, 2.24) is 9.55 Å². The van der Waals surface area contributed by atoms with Crippen LogP contribution >= 0.6 is 35.1 Å². The minimum atomic E-state index is -5.80. The van der Waals surface area contributed by atoms with Crippen molar-refractivity contribution in [3.63, 3.8) is 0 Å². The van der Waals surface area contributed by atoms with Crippen molar-refractivity contribution in [3.05, 3.63) is 33.1 Å². The number of H-pyrrole nitrogens is 1. The summed E-state index contributed by atoms with van der Waals surface area (Å²) in [5, 5.41) is 19.7. The zero-order valence-corrected chi connectivity index (χ0v) is 19.4. The van der Waals surface area contributed by atoms with Gasteiger partial charge in [-0.3, -0.25) is 18.9 Å². The van der Waals surface area contributed by atoms with Crippen LogP contribution in [0.4, 0.5) is 0 Å². The lowest BCUT2D eigenvalue weighted by atomic mass is 10.0. The Morgan fingerprint density at radius 2 is 1.75 bits per heavy atom. The third-order valence-corrected chi connectivity index (χ3v) is 7.80. The minimum absolute atomic E-state index is 0.690. The van der Waals surface area contributed by atoms with Gasteiger partial charge >= 0.3 is 29.2 Å². The molecule has 0 aliphatic heterocycles. The van der Waals surface area contributed by atoms with E-state index in [0.29, 0.717) is 4.57 Å². The summed E-state index contributed by atoms with van der Waals surface area (Å²) in [5.74, 6) is -0.713. The molecule has 0 saturated heterocycles. The van der Waals surface area contributed by atoms with Gasteiger partial charge in [0.25, 0.3) is 5.56 Å². The zero-order chi connectivity index (χ0) is 25.0. The maximum atomic E-state index is 11.9. The number of hydrogen-bond donors (Lipinski definition) is 7. The average Bonchev–Trinajstić information content (AvgIpc) is 2.59. The second-order valence-corrected chi connectivity index (χ2v) is 10.7. The molecule has 0 aliphatic carbocycles. The van der Waals surface area contributed by atoms with Crippen molar-refractivity contribution in [2.24, 2.45) is 0 Å². The molecule has 1 aromatic rings. The average molecular weight is 549 g/mol. The number of aliphatic hydroxyl groups is 2. The molecule has 5 atom stereocenters. The first kappa shape index (κ1) is 29.3. The van der Waals surface area contributed by atoms with E-state index < -0.39 is 71.7 Å². The summed E-state index contributed by atoms with van der Waals surface area (Å²) in [6, 6.07) is 0.907. The van der Waals surface area contributed by atoms with Crippen molar-refractivity contribution < 1.29 is 61.4 Å². The second-order valence-electron chi connectivity index (χ2n) is 6.01. The predicted octanol–water partition coefficient (Wildman–Crippen LogP) is -1.25. The van der Waals surface area contributed by atoms with Crippen LogP contribution in [0, 0.1) is 0 Å². The summed E-state index contributed by atoms with van der Waals surface area (Å²) in [5.41, 5.74) is -3.97. The third-order valence-electron chi connectivity index (χ3n) is 3.56. The fraction of sp³-hybridized carbons (Fsp3) is 0.636. The van der Waals surface area contributed by atoms with Crippen molar-refractivity contribution in [2.75, 3.05) is 19.1 Å². The summed E-state index contributed by atoms with van der Waals surface area (Å²) in [6.07, 6.45) is -2.32. The minimum Gasteiger partial charge on any atom is -0.392 e.